The van der Waals surface area contributed by atoms with Crippen LogP contribution >= 0.6 is 0 Å². The number of nitrogens with two attached hydrogens (primary N) is 1. The maximum Gasteiger partial charge on any atom is 0.340 e. The lowest BCUT2D eigenvalue weighted by molar-refractivity contribution is -0.0148. The van der Waals surface area contributed by atoms with Gasteiger partial charge in [0, 0.05) is 19.2 Å². The summed E-state index contributed by atoms with van der Waals surface area (Å²) >= 11 is 0. The highest BCUT2D eigenvalue weighted by molar-refractivity contribution is 5.95. The number of phenols is 1. The third-order valence-electron chi connectivity index (χ3n) is 3.44. The Morgan fingerprint density at radius 3 is 2.84 bits per heavy atom. The summed E-state index contributed by atoms with van der Waals surface area (Å²) in [6.07, 6.45) is 3.52. The zero-order chi connectivity index (χ0) is 13.8. The largest absolute Gasteiger partial charge is 0.508 e. The van der Waals surface area contributed by atoms with E-state index < -0.39 is 5.97 Å². The van der Waals surface area contributed by atoms with E-state index in [1.165, 1.54) is 18.2 Å². The number of anilines is 1. The monoisotopic (exact) mass is 265 g/mol. The molecule has 0 saturated heterocycles. The van der Waals surface area contributed by atoms with E-state index in [4.69, 9.17) is 15.2 Å². The predicted molar refractivity (Wildman–Crippen MR) is 71.0 cm³/mol. The highest BCUT2D eigenvalue weighted by atomic mass is 16.5. The minimum absolute atomic E-state index is 0.000405. The summed E-state index contributed by atoms with van der Waals surface area (Å²) in [4.78, 5) is 12.0. The molecular formula is C14H19NO4. The zero-order valence-electron chi connectivity index (χ0n) is 11.0. The number of benzene rings is 1. The molecule has 1 fully saturated rings. The molecule has 0 heterocycles. The Balaban J connectivity index is 2.02. The third kappa shape index (κ3) is 3.38. The molecule has 1 aliphatic rings. The second-order valence-electron chi connectivity index (χ2n) is 4.82. The van der Waals surface area contributed by atoms with Crippen LogP contribution in [-0.2, 0) is 9.47 Å². The van der Waals surface area contributed by atoms with Crippen molar-refractivity contribution < 1.29 is 19.4 Å². The number of esters is 1. The Bertz CT molecular complexity index is 461. The van der Waals surface area contributed by atoms with E-state index in [0.717, 1.165) is 19.3 Å². The Hall–Kier alpha value is -1.75. The van der Waals surface area contributed by atoms with Crippen LogP contribution in [0.15, 0.2) is 18.2 Å². The summed E-state index contributed by atoms with van der Waals surface area (Å²) in [6, 6.07) is 4.26. The van der Waals surface area contributed by atoms with Crippen molar-refractivity contribution >= 4 is 11.7 Å². The first-order valence-corrected chi connectivity index (χ1v) is 6.42. The Morgan fingerprint density at radius 2 is 2.11 bits per heavy atom. The van der Waals surface area contributed by atoms with Gasteiger partial charge in [-0.25, -0.2) is 4.79 Å². The molecule has 1 saturated carbocycles. The molecule has 0 amide bonds. The van der Waals surface area contributed by atoms with Gasteiger partial charge in [0.15, 0.2) is 0 Å². The number of aromatic hydroxyl groups is 1. The van der Waals surface area contributed by atoms with Gasteiger partial charge >= 0.3 is 5.97 Å². The van der Waals surface area contributed by atoms with Gasteiger partial charge < -0.3 is 20.3 Å². The van der Waals surface area contributed by atoms with Gasteiger partial charge in [-0.2, -0.15) is 0 Å². The van der Waals surface area contributed by atoms with Crippen LogP contribution in [0.2, 0.25) is 0 Å². The van der Waals surface area contributed by atoms with Crippen LogP contribution in [0, 0.1) is 0 Å². The zero-order valence-corrected chi connectivity index (χ0v) is 11.0. The van der Waals surface area contributed by atoms with Crippen molar-refractivity contribution in [2.24, 2.45) is 0 Å². The van der Waals surface area contributed by atoms with Crippen molar-refractivity contribution in [3.8, 4) is 5.75 Å². The Labute approximate surface area is 112 Å². The molecule has 0 aromatic heterocycles. The normalized spacial score (nSPS) is 23.0. The molecule has 1 aromatic rings. The summed E-state index contributed by atoms with van der Waals surface area (Å²) in [5, 5.41) is 9.39. The Morgan fingerprint density at radius 1 is 1.37 bits per heavy atom. The van der Waals surface area contributed by atoms with Gasteiger partial charge in [0.05, 0.1) is 11.7 Å². The van der Waals surface area contributed by atoms with Crippen molar-refractivity contribution in [1.29, 1.82) is 0 Å². The molecule has 0 bridgehead atoms. The van der Waals surface area contributed by atoms with E-state index >= 15 is 0 Å². The van der Waals surface area contributed by atoms with Crippen molar-refractivity contribution in [1.82, 2.24) is 0 Å². The molecule has 2 rings (SSSR count). The van der Waals surface area contributed by atoms with Crippen LogP contribution < -0.4 is 5.73 Å². The molecule has 5 heteroatoms. The maximum atomic E-state index is 12.0. The van der Waals surface area contributed by atoms with E-state index in [0.29, 0.717) is 12.1 Å². The van der Waals surface area contributed by atoms with Crippen LogP contribution in [0.25, 0.3) is 0 Å². The first-order valence-electron chi connectivity index (χ1n) is 6.42. The van der Waals surface area contributed by atoms with Gasteiger partial charge in [-0.3, -0.25) is 0 Å². The SMILES string of the molecule is COC1CCCC(OC(=O)c2cc(O)ccc2N)C1. The molecule has 0 radical (unpaired) electrons. The Kier molecular flexibility index (Phi) is 4.27. The van der Waals surface area contributed by atoms with Gasteiger partial charge in [-0.05, 0) is 37.5 Å². The molecule has 0 spiro atoms. The molecule has 2 atom stereocenters. The van der Waals surface area contributed by atoms with E-state index in [9.17, 15) is 9.90 Å². The topological polar surface area (TPSA) is 81.8 Å². The molecule has 1 aromatic carbocycles. The van der Waals surface area contributed by atoms with Crippen LogP contribution in [0.4, 0.5) is 5.69 Å². The van der Waals surface area contributed by atoms with Crippen LogP contribution in [0.3, 0.4) is 0 Å². The number of ether oxygens (including phenoxy) is 2. The number of hydrogen-bond donors (Lipinski definition) is 2. The first-order chi connectivity index (χ1) is 9.10. The van der Waals surface area contributed by atoms with Gasteiger partial charge in [0.25, 0.3) is 0 Å². The van der Waals surface area contributed by atoms with Crippen molar-refractivity contribution in [3.63, 3.8) is 0 Å². The van der Waals surface area contributed by atoms with Crippen LogP contribution in [-0.4, -0.2) is 30.4 Å². The van der Waals surface area contributed by atoms with E-state index in [1.807, 2.05) is 0 Å². The van der Waals surface area contributed by atoms with Crippen molar-refractivity contribution in [3.05, 3.63) is 23.8 Å². The summed E-state index contributed by atoms with van der Waals surface area (Å²) < 4.78 is 10.7. The van der Waals surface area contributed by atoms with Gasteiger partial charge in [-0.1, -0.05) is 0 Å². The van der Waals surface area contributed by atoms with E-state index in [-0.39, 0.29) is 23.5 Å². The first kappa shape index (κ1) is 13.7. The summed E-state index contributed by atoms with van der Waals surface area (Å²) in [6.45, 7) is 0. The summed E-state index contributed by atoms with van der Waals surface area (Å²) in [5.74, 6) is -0.491. The molecule has 3 N–H and O–H groups in total. The highest BCUT2D eigenvalue weighted by Gasteiger charge is 2.25. The molecule has 0 aliphatic heterocycles. The number of carbonyl (C=O) groups excluding carboxylic acids is 1. The van der Waals surface area contributed by atoms with Crippen LogP contribution in [0.1, 0.15) is 36.0 Å². The number of nitrogen functional groups attached to an aromatic ring is 1. The van der Waals surface area contributed by atoms with E-state index in [1.54, 1.807) is 7.11 Å². The van der Waals surface area contributed by atoms with Gasteiger partial charge in [-0.15, -0.1) is 0 Å². The fourth-order valence-electron chi connectivity index (χ4n) is 2.36. The fourth-order valence-corrected chi connectivity index (χ4v) is 2.36. The standard InChI is InChI=1S/C14H19NO4/c1-18-10-3-2-4-11(8-10)19-14(17)12-7-9(16)5-6-13(12)15/h5-7,10-11,16H,2-4,8,15H2,1H3. The average molecular weight is 265 g/mol. The molecule has 1 aliphatic carbocycles. The van der Waals surface area contributed by atoms with Crippen molar-refractivity contribution in [2.45, 2.75) is 37.9 Å². The number of methoxy groups -OCH3 is 1. The van der Waals surface area contributed by atoms with Gasteiger partial charge in [0.2, 0.25) is 0 Å². The molecule has 104 valence electrons. The number of phenolic OH excluding ortho intramolecular Hbond substituents is 1. The lowest BCUT2D eigenvalue weighted by atomic mass is 9.95. The molecule has 19 heavy (non-hydrogen) atoms. The lowest BCUT2D eigenvalue weighted by Crippen LogP contribution is -2.29. The lowest BCUT2D eigenvalue weighted by Gasteiger charge is -2.28. The minimum Gasteiger partial charge on any atom is -0.508 e. The number of hydrogen-bond acceptors (Lipinski definition) is 5. The molecule has 2 unspecified atom stereocenters. The number of carbonyl (C=O) groups is 1. The molecular weight excluding hydrogens is 246 g/mol. The summed E-state index contributed by atoms with van der Waals surface area (Å²) in [7, 11) is 1.67. The summed E-state index contributed by atoms with van der Waals surface area (Å²) in [5.41, 5.74) is 6.23. The second kappa shape index (κ2) is 5.93. The quantitative estimate of drug-likeness (QED) is 0.497. The second-order valence-corrected chi connectivity index (χ2v) is 4.82. The average Bonchev–Trinajstić information content (AvgIpc) is 2.41. The van der Waals surface area contributed by atoms with E-state index in [2.05, 4.69) is 0 Å². The van der Waals surface area contributed by atoms with Crippen molar-refractivity contribution in [2.75, 3.05) is 12.8 Å². The van der Waals surface area contributed by atoms with Crippen LogP contribution in [0.5, 0.6) is 5.75 Å². The third-order valence-corrected chi connectivity index (χ3v) is 3.44. The highest BCUT2D eigenvalue weighted by Crippen LogP contribution is 2.25. The maximum absolute atomic E-state index is 12.0. The minimum atomic E-state index is -0.491. The predicted octanol–water partition coefficient (Wildman–Crippen LogP) is 2.09. The molecule has 5 nitrogen and oxygen atoms in total. The smallest absolute Gasteiger partial charge is 0.340 e. The fraction of sp³-hybridized carbons (Fsp3) is 0.500. The van der Waals surface area contributed by atoms with Gasteiger partial charge in [0.1, 0.15) is 11.9 Å². The number of rotatable bonds is 3.